The standard InChI is InChI=1S/C15H20Cl2FNS/c1-9(10-7-13(18)12(17)8-11(10)16)19-14-5-3-4-6-15(14)20-2/h7-9,14-15,19H,3-6H2,1-2H3. The largest absolute Gasteiger partial charge is 0.306 e. The van der Waals surface area contributed by atoms with Crippen LogP contribution in [-0.4, -0.2) is 17.5 Å². The Kier molecular flexibility index (Phi) is 6.03. The van der Waals surface area contributed by atoms with Gasteiger partial charge in [0.05, 0.1) is 5.02 Å². The molecule has 0 aromatic heterocycles. The molecule has 0 saturated heterocycles. The molecule has 3 unspecified atom stereocenters. The highest BCUT2D eigenvalue weighted by Crippen LogP contribution is 2.32. The van der Waals surface area contributed by atoms with Gasteiger partial charge in [-0.05, 0) is 43.7 Å². The highest BCUT2D eigenvalue weighted by Gasteiger charge is 2.26. The first-order valence-electron chi connectivity index (χ1n) is 6.96. The van der Waals surface area contributed by atoms with E-state index in [-0.39, 0.29) is 11.1 Å². The van der Waals surface area contributed by atoms with Crippen LogP contribution in [0.4, 0.5) is 4.39 Å². The third-order valence-electron chi connectivity index (χ3n) is 3.98. The SMILES string of the molecule is CSC1CCCCC1NC(C)c1cc(F)c(Cl)cc1Cl. The van der Waals surface area contributed by atoms with Crippen molar-refractivity contribution in [2.45, 2.75) is 49.9 Å². The molecule has 1 N–H and O–H groups in total. The summed E-state index contributed by atoms with van der Waals surface area (Å²) < 4.78 is 13.6. The minimum atomic E-state index is -0.412. The van der Waals surface area contributed by atoms with E-state index < -0.39 is 5.82 Å². The molecular formula is C15H20Cl2FNS. The zero-order chi connectivity index (χ0) is 14.7. The maximum Gasteiger partial charge on any atom is 0.142 e. The normalized spacial score (nSPS) is 24.6. The van der Waals surface area contributed by atoms with Crippen molar-refractivity contribution in [2.24, 2.45) is 0 Å². The zero-order valence-electron chi connectivity index (χ0n) is 11.8. The molecule has 1 saturated carbocycles. The molecule has 0 aliphatic heterocycles. The van der Waals surface area contributed by atoms with Gasteiger partial charge in [0, 0.05) is 22.4 Å². The summed E-state index contributed by atoms with van der Waals surface area (Å²) in [6.45, 7) is 2.03. The molecule has 0 bridgehead atoms. The lowest BCUT2D eigenvalue weighted by Crippen LogP contribution is -2.41. The number of hydrogen-bond acceptors (Lipinski definition) is 2. The van der Waals surface area contributed by atoms with Gasteiger partial charge in [-0.3, -0.25) is 0 Å². The van der Waals surface area contributed by atoms with Gasteiger partial charge in [-0.15, -0.1) is 0 Å². The van der Waals surface area contributed by atoms with Crippen molar-refractivity contribution in [3.8, 4) is 0 Å². The van der Waals surface area contributed by atoms with Crippen molar-refractivity contribution in [3.63, 3.8) is 0 Å². The second-order valence-corrected chi connectivity index (χ2v) is 7.23. The Hall–Kier alpha value is 0.0400. The van der Waals surface area contributed by atoms with E-state index in [1.54, 1.807) is 0 Å². The maximum absolute atomic E-state index is 13.6. The van der Waals surface area contributed by atoms with E-state index in [2.05, 4.69) is 11.6 Å². The fraction of sp³-hybridized carbons (Fsp3) is 0.600. The smallest absolute Gasteiger partial charge is 0.142 e. The molecule has 0 spiro atoms. The Labute approximate surface area is 134 Å². The van der Waals surface area contributed by atoms with Crippen molar-refractivity contribution in [3.05, 3.63) is 33.6 Å². The molecule has 3 atom stereocenters. The molecule has 0 radical (unpaired) electrons. The predicted molar refractivity (Wildman–Crippen MR) is 87.5 cm³/mol. The van der Waals surface area contributed by atoms with Gasteiger partial charge in [-0.25, -0.2) is 4.39 Å². The zero-order valence-corrected chi connectivity index (χ0v) is 14.1. The average Bonchev–Trinajstić information content (AvgIpc) is 2.43. The lowest BCUT2D eigenvalue weighted by Gasteiger charge is -2.33. The Morgan fingerprint density at radius 3 is 2.65 bits per heavy atom. The summed E-state index contributed by atoms with van der Waals surface area (Å²) in [7, 11) is 0. The number of thioether (sulfide) groups is 1. The van der Waals surface area contributed by atoms with Crippen LogP contribution in [0.25, 0.3) is 0 Å². The predicted octanol–water partition coefficient (Wildman–Crippen LogP) is 5.46. The van der Waals surface area contributed by atoms with Gasteiger partial charge in [-0.2, -0.15) is 11.8 Å². The maximum atomic E-state index is 13.6. The van der Waals surface area contributed by atoms with E-state index in [1.807, 2.05) is 18.7 Å². The molecule has 2 rings (SSSR count). The molecule has 112 valence electrons. The summed E-state index contributed by atoms with van der Waals surface area (Å²) in [4.78, 5) is 0. The Balaban J connectivity index is 2.11. The van der Waals surface area contributed by atoms with Crippen molar-refractivity contribution in [1.82, 2.24) is 5.32 Å². The first-order chi connectivity index (χ1) is 9.52. The van der Waals surface area contributed by atoms with Gasteiger partial charge in [0.1, 0.15) is 5.82 Å². The molecule has 20 heavy (non-hydrogen) atoms. The van der Waals surface area contributed by atoms with Crippen molar-refractivity contribution in [1.29, 1.82) is 0 Å². The van der Waals surface area contributed by atoms with Crippen LogP contribution in [0.15, 0.2) is 12.1 Å². The molecule has 5 heteroatoms. The minimum Gasteiger partial charge on any atom is -0.306 e. The average molecular weight is 336 g/mol. The first-order valence-corrected chi connectivity index (χ1v) is 9.00. The van der Waals surface area contributed by atoms with Crippen molar-refractivity contribution in [2.75, 3.05) is 6.26 Å². The highest BCUT2D eigenvalue weighted by atomic mass is 35.5. The summed E-state index contributed by atoms with van der Waals surface area (Å²) in [6.07, 6.45) is 7.13. The molecule has 1 aromatic carbocycles. The van der Waals surface area contributed by atoms with Crippen LogP contribution >= 0.6 is 35.0 Å². The number of rotatable bonds is 4. The van der Waals surface area contributed by atoms with E-state index in [9.17, 15) is 4.39 Å². The fourth-order valence-electron chi connectivity index (χ4n) is 2.85. The molecular weight excluding hydrogens is 316 g/mol. The summed E-state index contributed by atoms with van der Waals surface area (Å²) in [5.41, 5.74) is 0.777. The van der Waals surface area contributed by atoms with Crippen LogP contribution in [0, 0.1) is 5.82 Å². The molecule has 1 aromatic rings. The number of nitrogens with one attached hydrogen (secondary N) is 1. The summed E-state index contributed by atoms with van der Waals surface area (Å²) in [5.74, 6) is -0.412. The van der Waals surface area contributed by atoms with E-state index in [0.717, 1.165) is 5.56 Å². The number of benzene rings is 1. The Morgan fingerprint density at radius 1 is 1.25 bits per heavy atom. The van der Waals surface area contributed by atoms with Crippen LogP contribution < -0.4 is 5.32 Å². The van der Waals surface area contributed by atoms with E-state index in [1.165, 1.54) is 37.8 Å². The number of halogens is 3. The second kappa shape index (κ2) is 7.35. The molecule has 1 aliphatic carbocycles. The van der Waals surface area contributed by atoms with Gasteiger partial charge in [0.15, 0.2) is 0 Å². The van der Waals surface area contributed by atoms with Gasteiger partial charge in [0.2, 0.25) is 0 Å². The van der Waals surface area contributed by atoms with E-state index >= 15 is 0 Å². The molecule has 0 heterocycles. The van der Waals surface area contributed by atoms with Gasteiger partial charge in [0.25, 0.3) is 0 Å². The molecule has 0 amide bonds. The molecule has 1 nitrogen and oxygen atoms in total. The summed E-state index contributed by atoms with van der Waals surface area (Å²) in [6, 6.07) is 3.41. The topological polar surface area (TPSA) is 12.0 Å². The van der Waals surface area contributed by atoms with Crippen LogP contribution in [0.1, 0.15) is 44.2 Å². The summed E-state index contributed by atoms with van der Waals surface area (Å²) in [5, 5.41) is 4.83. The first kappa shape index (κ1) is 16.4. The Morgan fingerprint density at radius 2 is 1.95 bits per heavy atom. The molecule has 1 fully saturated rings. The minimum absolute atomic E-state index is 0.0204. The fourth-order valence-corrected chi connectivity index (χ4v) is 4.34. The highest BCUT2D eigenvalue weighted by molar-refractivity contribution is 7.99. The van der Waals surface area contributed by atoms with Crippen LogP contribution in [-0.2, 0) is 0 Å². The lowest BCUT2D eigenvalue weighted by atomic mass is 9.93. The molecule has 1 aliphatic rings. The van der Waals surface area contributed by atoms with E-state index in [4.69, 9.17) is 23.2 Å². The third kappa shape index (κ3) is 3.82. The van der Waals surface area contributed by atoms with Crippen LogP contribution in [0.2, 0.25) is 10.0 Å². The monoisotopic (exact) mass is 335 g/mol. The van der Waals surface area contributed by atoms with Crippen LogP contribution in [0.3, 0.4) is 0 Å². The van der Waals surface area contributed by atoms with Crippen molar-refractivity contribution >= 4 is 35.0 Å². The second-order valence-electron chi connectivity index (χ2n) is 5.34. The number of hydrogen-bond donors (Lipinski definition) is 1. The quantitative estimate of drug-likeness (QED) is 0.733. The van der Waals surface area contributed by atoms with Crippen LogP contribution in [0.5, 0.6) is 0 Å². The van der Waals surface area contributed by atoms with E-state index in [0.29, 0.717) is 16.3 Å². The summed E-state index contributed by atoms with van der Waals surface area (Å²) >= 11 is 13.8. The van der Waals surface area contributed by atoms with Crippen molar-refractivity contribution < 1.29 is 4.39 Å². The Bertz CT molecular complexity index is 469. The third-order valence-corrected chi connectivity index (χ3v) is 5.76. The lowest BCUT2D eigenvalue weighted by molar-refractivity contribution is 0.356. The van der Waals surface area contributed by atoms with Gasteiger partial charge in [-0.1, -0.05) is 36.0 Å². The van der Waals surface area contributed by atoms with Gasteiger partial charge >= 0.3 is 0 Å². The van der Waals surface area contributed by atoms with Gasteiger partial charge < -0.3 is 5.32 Å².